The number of halogens is 2. The maximum absolute atomic E-state index is 12.9. The molecule has 0 bridgehead atoms. The second kappa shape index (κ2) is 9.96. The van der Waals surface area contributed by atoms with Gasteiger partial charge >= 0.3 is 0 Å². The number of benzene rings is 3. The summed E-state index contributed by atoms with van der Waals surface area (Å²) in [6.07, 6.45) is 1.63. The van der Waals surface area contributed by atoms with Crippen molar-refractivity contribution in [3.63, 3.8) is 0 Å². The predicted octanol–water partition coefficient (Wildman–Crippen LogP) is 5.49. The predicted molar refractivity (Wildman–Crippen MR) is 118 cm³/mol. The second-order valence-corrected chi connectivity index (χ2v) is 7.11. The highest BCUT2D eigenvalue weighted by molar-refractivity contribution is 9.10. The molecule has 0 amide bonds. The Balaban J connectivity index is 1.61. The molecule has 0 spiro atoms. The van der Waals surface area contributed by atoms with Gasteiger partial charge in [0, 0.05) is 15.7 Å². The number of ether oxygens (including phenoxy) is 1. The minimum Gasteiger partial charge on any atom is -0.488 e. The van der Waals surface area contributed by atoms with Crippen LogP contribution in [0.3, 0.4) is 0 Å². The first-order valence-electron chi connectivity index (χ1n) is 8.42. The van der Waals surface area contributed by atoms with Gasteiger partial charge in [-0.3, -0.25) is 5.43 Å². The first-order chi connectivity index (χ1) is 13.6. The van der Waals surface area contributed by atoms with Gasteiger partial charge in [0.05, 0.1) is 6.21 Å². The van der Waals surface area contributed by atoms with Crippen LogP contribution in [0.15, 0.2) is 82.4 Å². The van der Waals surface area contributed by atoms with Crippen molar-refractivity contribution in [1.82, 2.24) is 5.43 Å². The molecule has 0 aromatic heterocycles. The van der Waals surface area contributed by atoms with E-state index in [9.17, 15) is 4.39 Å². The molecule has 0 aliphatic heterocycles. The number of hydrogen-bond donors (Lipinski definition) is 2. The highest BCUT2D eigenvalue weighted by Gasteiger charge is 2.04. The number of hydrazone groups is 1. The van der Waals surface area contributed by atoms with Crippen molar-refractivity contribution in [3.05, 3.63) is 94.2 Å². The van der Waals surface area contributed by atoms with Gasteiger partial charge in [-0.25, -0.2) is 4.39 Å². The van der Waals surface area contributed by atoms with Crippen molar-refractivity contribution < 1.29 is 9.13 Å². The van der Waals surface area contributed by atoms with Gasteiger partial charge in [-0.1, -0.05) is 46.3 Å². The molecule has 0 aliphatic carbocycles. The third-order valence-corrected chi connectivity index (χ3v) is 4.37. The van der Waals surface area contributed by atoms with Gasteiger partial charge in [0.2, 0.25) is 0 Å². The van der Waals surface area contributed by atoms with Gasteiger partial charge in [-0.05, 0) is 60.2 Å². The third kappa shape index (κ3) is 6.14. The summed E-state index contributed by atoms with van der Waals surface area (Å²) < 4.78 is 19.8. The van der Waals surface area contributed by atoms with Gasteiger partial charge < -0.3 is 10.1 Å². The number of anilines is 1. The number of hydrogen-bond acceptors (Lipinski definition) is 3. The normalized spacial score (nSPS) is 10.6. The molecule has 0 saturated heterocycles. The molecule has 0 fully saturated rings. The molecular formula is C21H17BrFN3OS. The smallest absolute Gasteiger partial charge is 0.191 e. The van der Waals surface area contributed by atoms with Gasteiger partial charge in [-0.2, -0.15) is 5.10 Å². The van der Waals surface area contributed by atoms with Crippen molar-refractivity contribution in [3.8, 4) is 5.75 Å². The Morgan fingerprint density at radius 2 is 1.82 bits per heavy atom. The Morgan fingerprint density at radius 1 is 1.07 bits per heavy atom. The Kier molecular flexibility index (Phi) is 7.11. The molecule has 3 rings (SSSR count). The molecule has 3 aromatic rings. The topological polar surface area (TPSA) is 45.7 Å². The van der Waals surface area contributed by atoms with E-state index in [1.165, 1.54) is 12.1 Å². The highest BCUT2D eigenvalue weighted by Crippen LogP contribution is 2.22. The zero-order valence-corrected chi connectivity index (χ0v) is 17.1. The molecule has 3 aromatic carbocycles. The van der Waals surface area contributed by atoms with Crippen LogP contribution in [0.1, 0.15) is 11.1 Å². The molecule has 7 heteroatoms. The molecule has 2 N–H and O–H groups in total. The van der Waals surface area contributed by atoms with Crippen LogP contribution in [-0.4, -0.2) is 11.3 Å². The van der Waals surface area contributed by atoms with Crippen LogP contribution in [0.25, 0.3) is 0 Å². The summed E-state index contributed by atoms with van der Waals surface area (Å²) in [4.78, 5) is 0. The van der Waals surface area contributed by atoms with Gasteiger partial charge in [0.25, 0.3) is 0 Å². The summed E-state index contributed by atoms with van der Waals surface area (Å²) in [6, 6.07) is 21.5. The minimum atomic E-state index is -0.305. The quantitative estimate of drug-likeness (QED) is 0.292. The van der Waals surface area contributed by atoms with Crippen LogP contribution in [0.2, 0.25) is 0 Å². The molecule has 0 atom stereocenters. The van der Waals surface area contributed by atoms with E-state index in [4.69, 9.17) is 17.0 Å². The summed E-state index contributed by atoms with van der Waals surface area (Å²) in [5.41, 5.74) is 5.28. The van der Waals surface area contributed by atoms with Crippen LogP contribution in [-0.2, 0) is 6.61 Å². The molecule has 142 valence electrons. The van der Waals surface area contributed by atoms with E-state index >= 15 is 0 Å². The third-order valence-electron chi connectivity index (χ3n) is 3.68. The van der Waals surface area contributed by atoms with Crippen molar-refractivity contribution >= 4 is 45.2 Å². The lowest BCUT2D eigenvalue weighted by molar-refractivity contribution is 0.306. The lowest BCUT2D eigenvalue weighted by Gasteiger charge is -2.10. The summed E-state index contributed by atoms with van der Waals surface area (Å²) in [5.74, 6) is 0.398. The maximum Gasteiger partial charge on any atom is 0.191 e. The molecule has 0 saturated carbocycles. The highest BCUT2D eigenvalue weighted by atomic mass is 79.9. The average Bonchev–Trinajstić information content (AvgIpc) is 2.70. The van der Waals surface area contributed by atoms with E-state index in [0.717, 1.165) is 15.6 Å². The Hall–Kier alpha value is -2.77. The van der Waals surface area contributed by atoms with Crippen LogP contribution >= 0.6 is 28.1 Å². The lowest BCUT2D eigenvalue weighted by Crippen LogP contribution is -2.23. The molecule has 28 heavy (non-hydrogen) atoms. The number of thiocarbonyl (C=S) groups is 1. The first-order valence-corrected chi connectivity index (χ1v) is 9.62. The average molecular weight is 458 g/mol. The van der Waals surface area contributed by atoms with Crippen LogP contribution in [0.5, 0.6) is 5.75 Å². The van der Waals surface area contributed by atoms with Gasteiger partial charge in [0.1, 0.15) is 18.2 Å². The standard InChI is InChI=1S/C21H17BrFN3OS/c22-17-6-11-20(27-14-15-4-2-1-3-5-15)16(12-17)13-24-26-21(28)25-19-9-7-18(23)8-10-19/h1-13H,14H2,(H2,25,26,28)/b24-13-. The first kappa shape index (κ1) is 20.0. The fourth-order valence-corrected chi connectivity index (χ4v) is 2.89. The SMILES string of the molecule is Fc1ccc(NC(=S)N/N=C\c2cc(Br)ccc2OCc2ccccc2)cc1. The zero-order valence-electron chi connectivity index (χ0n) is 14.7. The van der Waals surface area contributed by atoms with E-state index in [-0.39, 0.29) is 5.82 Å². The summed E-state index contributed by atoms with van der Waals surface area (Å²) in [5, 5.41) is 7.38. The summed E-state index contributed by atoms with van der Waals surface area (Å²) in [6.45, 7) is 0.460. The Bertz CT molecular complexity index is 965. The van der Waals surface area contributed by atoms with Crippen molar-refractivity contribution in [1.29, 1.82) is 0 Å². The largest absolute Gasteiger partial charge is 0.488 e. The van der Waals surface area contributed by atoms with Crippen molar-refractivity contribution in [2.75, 3.05) is 5.32 Å². The van der Waals surface area contributed by atoms with E-state index in [2.05, 4.69) is 31.8 Å². The molecule has 0 aliphatic rings. The number of nitrogens with one attached hydrogen (secondary N) is 2. The molecular weight excluding hydrogens is 441 g/mol. The fraction of sp³-hybridized carbons (Fsp3) is 0.0476. The van der Waals surface area contributed by atoms with E-state index in [1.807, 2.05) is 48.5 Å². The van der Waals surface area contributed by atoms with Crippen LogP contribution < -0.4 is 15.5 Å². The summed E-state index contributed by atoms with van der Waals surface area (Å²) >= 11 is 8.64. The number of nitrogens with zero attached hydrogens (tertiary/aromatic N) is 1. The van der Waals surface area contributed by atoms with Gasteiger partial charge in [-0.15, -0.1) is 0 Å². The second-order valence-electron chi connectivity index (χ2n) is 5.79. The Morgan fingerprint density at radius 3 is 2.57 bits per heavy atom. The van der Waals surface area contributed by atoms with E-state index in [0.29, 0.717) is 23.2 Å². The maximum atomic E-state index is 12.9. The van der Waals surface area contributed by atoms with Crippen molar-refractivity contribution in [2.24, 2.45) is 5.10 Å². The Labute approximate surface area is 176 Å². The fourth-order valence-electron chi connectivity index (χ4n) is 2.34. The minimum absolute atomic E-state index is 0.296. The summed E-state index contributed by atoms with van der Waals surface area (Å²) in [7, 11) is 0. The van der Waals surface area contributed by atoms with E-state index < -0.39 is 0 Å². The monoisotopic (exact) mass is 457 g/mol. The van der Waals surface area contributed by atoms with Crippen molar-refractivity contribution in [2.45, 2.75) is 6.61 Å². The zero-order chi connectivity index (χ0) is 19.8. The van der Waals surface area contributed by atoms with Crippen LogP contribution in [0.4, 0.5) is 10.1 Å². The molecule has 0 heterocycles. The lowest BCUT2D eigenvalue weighted by atomic mass is 10.2. The molecule has 0 radical (unpaired) electrons. The van der Waals surface area contributed by atoms with Crippen LogP contribution in [0, 0.1) is 5.82 Å². The number of rotatable bonds is 6. The molecule has 4 nitrogen and oxygen atoms in total. The molecule has 0 unspecified atom stereocenters. The van der Waals surface area contributed by atoms with Gasteiger partial charge in [0.15, 0.2) is 5.11 Å². The van der Waals surface area contributed by atoms with E-state index in [1.54, 1.807) is 18.3 Å².